The van der Waals surface area contributed by atoms with Crippen LogP contribution in [0.25, 0.3) is 0 Å². The topological polar surface area (TPSA) is 51.0 Å². The molecule has 26 heavy (non-hydrogen) atoms. The summed E-state index contributed by atoms with van der Waals surface area (Å²) in [7, 11) is 0. The van der Waals surface area contributed by atoms with Gasteiger partial charge in [-0.15, -0.1) is 10.2 Å². The van der Waals surface area contributed by atoms with Crippen molar-refractivity contribution in [2.45, 2.75) is 44.2 Å². The van der Waals surface area contributed by atoms with Gasteiger partial charge in [0, 0.05) is 13.0 Å². The average molecular weight is 364 g/mol. The van der Waals surface area contributed by atoms with Crippen LogP contribution < -0.4 is 0 Å². The van der Waals surface area contributed by atoms with E-state index in [0.29, 0.717) is 23.9 Å². The highest BCUT2D eigenvalue weighted by atomic mass is 19.3. The van der Waals surface area contributed by atoms with Crippen LogP contribution in [-0.2, 0) is 17.8 Å². The summed E-state index contributed by atoms with van der Waals surface area (Å²) in [5.74, 6) is -2.95. The first-order chi connectivity index (χ1) is 12.4. The normalized spacial score (nSPS) is 22.0. The Hall–Kier alpha value is -2.38. The molecule has 1 saturated carbocycles. The molecule has 138 valence electrons. The van der Waals surface area contributed by atoms with Gasteiger partial charge in [0.15, 0.2) is 5.82 Å². The number of hydrogen-bond acceptors (Lipinski definition) is 3. The van der Waals surface area contributed by atoms with Crippen LogP contribution in [0.4, 0.5) is 13.2 Å². The number of hydrogen-bond donors (Lipinski definition) is 0. The summed E-state index contributed by atoms with van der Waals surface area (Å²) in [5, 5.41) is 7.89. The predicted molar refractivity (Wildman–Crippen MR) is 86.9 cm³/mol. The van der Waals surface area contributed by atoms with Gasteiger partial charge in [-0.05, 0) is 36.5 Å². The van der Waals surface area contributed by atoms with E-state index in [-0.39, 0.29) is 6.42 Å². The Morgan fingerprint density at radius 3 is 2.85 bits per heavy atom. The Morgan fingerprint density at radius 2 is 2.12 bits per heavy atom. The van der Waals surface area contributed by atoms with Crippen molar-refractivity contribution in [1.29, 1.82) is 0 Å². The van der Waals surface area contributed by atoms with Crippen molar-refractivity contribution >= 4 is 5.91 Å². The molecule has 1 aromatic heterocycles. The van der Waals surface area contributed by atoms with Gasteiger partial charge in [-0.25, -0.2) is 13.2 Å². The van der Waals surface area contributed by atoms with Gasteiger partial charge in [-0.2, -0.15) is 0 Å². The van der Waals surface area contributed by atoms with Crippen LogP contribution in [0, 0.1) is 11.7 Å². The molecule has 0 N–H and O–H groups in total. The van der Waals surface area contributed by atoms with E-state index in [0.717, 1.165) is 17.7 Å². The Labute approximate surface area is 148 Å². The van der Waals surface area contributed by atoms with Crippen LogP contribution in [-0.4, -0.2) is 38.0 Å². The standard InChI is InChI=1S/C18H19F3N4O/c19-14-3-1-2-13(6-14)7-16(26)25-10-18(20,21)8-15(25)17-23-22-11-24(17)9-12-4-5-12/h1-3,6,11-12,15H,4-5,7-10H2/t15-/m0/s1. The molecular weight excluding hydrogens is 345 g/mol. The molecule has 1 aromatic carbocycles. The summed E-state index contributed by atoms with van der Waals surface area (Å²) in [6.45, 7) is 0.0401. The number of alkyl halides is 2. The lowest BCUT2D eigenvalue weighted by Gasteiger charge is -2.24. The number of halogens is 3. The fraction of sp³-hybridized carbons (Fsp3) is 0.500. The zero-order chi connectivity index (χ0) is 18.3. The average Bonchev–Trinajstić information content (AvgIpc) is 3.15. The summed E-state index contributed by atoms with van der Waals surface area (Å²) in [5.41, 5.74) is 0.461. The number of benzene rings is 1. The van der Waals surface area contributed by atoms with Crippen LogP contribution in [0.15, 0.2) is 30.6 Å². The van der Waals surface area contributed by atoms with E-state index in [1.165, 1.54) is 18.2 Å². The number of amides is 1. The van der Waals surface area contributed by atoms with Gasteiger partial charge in [0.2, 0.25) is 5.91 Å². The molecule has 2 aliphatic rings. The molecule has 0 bridgehead atoms. The molecule has 5 nitrogen and oxygen atoms in total. The van der Waals surface area contributed by atoms with E-state index in [1.54, 1.807) is 17.0 Å². The molecular formula is C18H19F3N4O. The fourth-order valence-corrected chi connectivity index (χ4v) is 3.47. The maximum absolute atomic E-state index is 14.1. The van der Waals surface area contributed by atoms with Crippen LogP contribution in [0.2, 0.25) is 0 Å². The Bertz CT molecular complexity index is 818. The van der Waals surface area contributed by atoms with Crippen molar-refractivity contribution in [2.24, 2.45) is 5.92 Å². The van der Waals surface area contributed by atoms with Gasteiger partial charge in [-0.3, -0.25) is 4.79 Å². The Morgan fingerprint density at radius 1 is 1.31 bits per heavy atom. The van der Waals surface area contributed by atoms with Gasteiger partial charge >= 0.3 is 0 Å². The van der Waals surface area contributed by atoms with E-state index in [2.05, 4.69) is 10.2 Å². The van der Waals surface area contributed by atoms with E-state index < -0.39 is 36.7 Å². The number of carbonyl (C=O) groups excluding carboxylic acids is 1. The molecule has 1 aliphatic heterocycles. The molecule has 4 rings (SSSR count). The highest BCUT2D eigenvalue weighted by Gasteiger charge is 2.49. The highest BCUT2D eigenvalue weighted by Crippen LogP contribution is 2.41. The molecule has 1 saturated heterocycles. The minimum Gasteiger partial charge on any atom is -0.326 e. The monoisotopic (exact) mass is 364 g/mol. The zero-order valence-electron chi connectivity index (χ0n) is 14.1. The van der Waals surface area contributed by atoms with E-state index in [9.17, 15) is 18.0 Å². The summed E-state index contributed by atoms with van der Waals surface area (Å²) >= 11 is 0. The number of carbonyl (C=O) groups is 1. The lowest BCUT2D eigenvalue weighted by atomic mass is 10.1. The minimum absolute atomic E-state index is 0.124. The third kappa shape index (κ3) is 3.59. The molecule has 2 aromatic rings. The zero-order valence-corrected chi connectivity index (χ0v) is 14.1. The molecule has 8 heteroatoms. The first-order valence-electron chi connectivity index (χ1n) is 8.71. The summed E-state index contributed by atoms with van der Waals surface area (Å²) in [6.07, 6.45) is 3.17. The van der Waals surface area contributed by atoms with Crippen LogP contribution in [0.1, 0.15) is 36.7 Å². The Balaban J connectivity index is 1.56. The van der Waals surface area contributed by atoms with Crippen molar-refractivity contribution in [3.05, 3.63) is 47.8 Å². The fourth-order valence-electron chi connectivity index (χ4n) is 3.47. The third-order valence-electron chi connectivity index (χ3n) is 4.93. The second kappa shape index (κ2) is 6.41. The van der Waals surface area contributed by atoms with Gasteiger partial charge in [0.25, 0.3) is 5.92 Å². The van der Waals surface area contributed by atoms with Crippen LogP contribution >= 0.6 is 0 Å². The molecule has 1 aliphatic carbocycles. The van der Waals surface area contributed by atoms with Gasteiger partial charge < -0.3 is 9.47 Å². The molecule has 2 heterocycles. The van der Waals surface area contributed by atoms with Crippen LogP contribution in [0.3, 0.4) is 0 Å². The maximum atomic E-state index is 14.1. The van der Waals surface area contributed by atoms with Crippen molar-refractivity contribution in [3.63, 3.8) is 0 Å². The third-order valence-corrected chi connectivity index (χ3v) is 4.93. The molecule has 1 atom stereocenters. The summed E-state index contributed by atoms with van der Waals surface area (Å²) in [4.78, 5) is 13.8. The SMILES string of the molecule is O=C(Cc1cccc(F)c1)N1CC(F)(F)C[C@H]1c1nncn1CC1CC1. The van der Waals surface area contributed by atoms with Crippen LogP contribution in [0.5, 0.6) is 0 Å². The van der Waals surface area contributed by atoms with Crippen molar-refractivity contribution in [1.82, 2.24) is 19.7 Å². The first kappa shape index (κ1) is 17.1. The largest absolute Gasteiger partial charge is 0.326 e. The number of aromatic nitrogens is 3. The lowest BCUT2D eigenvalue weighted by molar-refractivity contribution is -0.132. The van der Waals surface area contributed by atoms with Gasteiger partial charge in [0.05, 0.1) is 19.0 Å². The van der Waals surface area contributed by atoms with E-state index >= 15 is 0 Å². The molecule has 0 spiro atoms. The predicted octanol–water partition coefficient (Wildman–Crippen LogP) is 2.98. The first-order valence-corrected chi connectivity index (χ1v) is 8.71. The molecule has 0 radical (unpaired) electrons. The Kier molecular flexibility index (Phi) is 4.20. The molecule has 1 amide bonds. The molecule has 0 unspecified atom stereocenters. The van der Waals surface area contributed by atoms with Gasteiger partial charge in [0.1, 0.15) is 12.1 Å². The number of rotatable bonds is 5. The number of nitrogens with zero attached hydrogens (tertiary/aromatic N) is 4. The quantitative estimate of drug-likeness (QED) is 0.820. The summed E-state index contributed by atoms with van der Waals surface area (Å²) in [6, 6.07) is 4.82. The smallest absolute Gasteiger partial charge is 0.267 e. The van der Waals surface area contributed by atoms with Crippen molar-refractivity contribution < 1.29 is 18.0 Å². The lowest BCUT2D eigenvalue weighted by Crippen LogP contribution is -2.35. The summed E-state index contributed by atoms with van der Waals surface area (Å²) < 4.78 is 43.3. The maximum Gasteiger partial charge on any atom is 0.267 e. The highest BCUT2D eigenvalue weighted by molar-refractivity contribution is 5.79. The second-order valence-corrected chi connectivity index (χ2v) is 7.19. The molecule has 2 fully saturated rings. The minimum atomic E-state index is -2.97. The van der Waals surface area contributed by atoms with Crippen molar-refractivity contribution in [2.75, 3.05) is 6.54 Å². The van der Waals surface area contributed by atoms with Crippen molar-refractivity contribution in [3.8, 4) is 0 Å². The number of likely N-dealkylation sites (tertiary alicyclic amines) is 1. The van der Waals surface area contributed by atoms with Gasteiger partial charge in [-0.1, -0.05) is 12.1 Å². The van der Waals surface area contributed by atoms with E-state index in [4.69, 9.17) is 0 Å². The van der Waals surface area contributed by atoms with E-state index in [1.807, 2.05) is 0 Å². The second-order valence-electron chi connectivity index (χ2n) is 7.19.